The molecule has 0 aliphatic carbocycles. The van der Waals surface area contributed by atoms with Gasteiger partial charge in [0.1, 0.15) is 11.2 Å². The quantitative estimate of drug-likeness (QED) is 0.882. The number of carboxylic acid groups (broad SMARTS) is 1. The Morgan fingerprint density at radius 1 is 1.35 bits per heavy atom. The SMILES string of the molecule is C[C@](Cc1ccccc1)(NC(=O)c1cscn1)C(=O)O. The van der Waals surface area contributed by atoms with E-state index in [4.69, 9.17) is 0 Å². The fourth-order valence-corrected chi connectivity index (χ4v) is 2.35. The standard InChI is InChI=1S/C14H14N2O3S/c1-14(13(18)19,7-10-5-3-2-4-6-10)16-12(17)11-8-20-9-15-11/h2-6,8-9H,7H2,1H3,(H,16,17)(H,18,19)/t14-/m1/s1. The van der Waals surface area contributed by atoms with Gasteiger partial charge in [-0.15, -0.1) is 11.3 Å². The third-order valence-electron chi connectivity index (χ3n) is 2.93. The highest BCUT2D eigenvalue weighted by Crippen LogP contribution is 2.15. The third kappa shape index (κ3) is 3.21. The van der Waals surface area contributed by atoms with Gasteiger partial charge in [-0.2, -0.15) is 0 Å². The Balaban J connectivity index is 2.17. The van der Waals surface area contributed by atoms with Gasteiger partial charge in [-0.05, 0) is 12.5 Å². The number of aromatic nitrogens is 1. The van der Waals surface area contributed by atoms with Crippen molar-refractivity contribution in [3.8, 4) is 0 Å². The number of hydrogen-bond donors (Lipinski definition) is 2. The van der Waals surface area contributed by atoms with E-state index in [1.165, 1.54) is 23.8 Å². The first-order valence-corrected chi connectivity index (χ1v) is 6.93. The molecule has 1 aromatic heterocycles. The number of carbonyl (C=O) groups excluding carboxylic acids is 1. The van der Waals surface area contributed by atoms with E-state index in [9.17, 15) is 14.7 Å². The lowest BCUT2D eigenvalue weighted by molar-refractivity contribution is -0.143. The molecule has 0 radical (unpaired) electrons. The molecule has 0 aliphatic rings. The van der Waals surface area contributed by atoms with E-state index >= 15 is 0 Å². The summed E-state index contributed by atoms with van der Waals surface area (Å²) in [5.74, 6) is -1.56. The molecule has 0 saturated carbocycles. The van der Waals surface area contributed by atoms with Gasteiger partial charge >= 0.3 is 5.97 Å². The van der Waals surface area contributed by atoms with Crippen molar-refractivity contribution in [2.45, 2.75) is 18.9 Å². The third-order valence-corrected chi connectivity index (χ3v) is 3.51. The second-order valence-electron chi connectivity index (χ2n) is 4.63. The molecule has 1 amide bonds. The summed E-state index contributed by atoms with van der Waals surface area (Å²) in [4.78, 5) is 27.4. The van der Waals surface area contributed by atoms with Gasteiger partial charge in [0, 0.05) is 11.8 Å². The first-order chi connectivity index (χ1) is 9.51. The molecule has 1 aromatic carbocycles. The van der Waals surface area contributed by atoms with E-state index in [-0.39, 0.29) is 12.1 Å². The Kier molecular flexibility index (Phi) is 4.14. The Morgan fingerprint density at radius 3 is 2.60 bits per heavy atom. The van der Waals surface area contributed by atoms with Crippen LogP contribution in [0, 0.1) is 0 Å². The number of carboxylic acids is 1. The van der Waals surface area contributed by atoms with Crippen LogP contribution in [0.3, 0.4) is 0 Å². The maximum absolute atomic E-state index is 12.0. The van der Waals surface area contributed by atoms with Gasteiger partial charge in [0.05, 0.1) is 5.51 Å². The first kappa shape index (κ1) is 14.2. The summed E-state index contributed by atoms with van der Waals surface area (Å²) in [5, 5.41) is 13.5. The molecule has 0 fully saturated rings. The number of carbonyl (C=O) groups is 2. The van der Waals surface area contributed by atoms with Gasteiger partial charge in [-0.25, -0.2) is 9.78 Å². The minimum atomic E-state index is -1.37. The number of amides is 1. The fraction of sp³-hybridized carbons (Fsp3) is 0.214. The number of rotatable bonds is 5. The first-order valence-electron chi connectivity index (χ1n) is 5.99. The summed E-state index contributed by atoms with van der Waals surface area (Å²) in [6.07, 6.45) is 0.207. The maximum atomic E-state index is 12.0. The van der Waals surface area contributed by atoms with Crippen LogP contribution in [-0.2, 0) is 11.2 Å². The Morgan fingerprint density at radius 2 is 2.05 bits per heavy atom. The molecule has 0 bridgehead atoms. The van der Waals surface area contributed by atoms with Crippen LogP contribution in [0.2, 0.25) is 0 Å². The van der Waals surface area contributed by atoms with Crippen LogP contribution in [0.25, 0.3) is 0 Å². The van der Waals surface area contributed by atoms with Gasteiger partial charge in [0.2, 0.25) is 0 Å². The molecule has 0 saturated heterocycles. The summed E-state index contributed by atoms with van der Waals surface area (Å²) in [7, 11) is 0. The van der Waals surface area contributed by atoms with Crippen LogP contribution in [0.15, 0.2) is 41.2 Å². The molecule has 0 aliphatic heterocycles. The van der Waals surface area contributed by atoms with Crippen molar-refractivity contribution in [3.63, 3.8) is 0 Å². The predicted octanol–water partition coefficient (Wildman–Crippen LogP) is 1.96. The molecular weight excluding hydrogens is 276 g/mol. The summed E-state index contributed by atoms with van der Waals surface area (Å²) < 4.78 is 0. The normalized spacial score (nSPS) is 13.4. The lowest BCUT2D eigenvalue weighted by Gasteiger charge is -2.26. The highest BCUT2D eigenvalue weighted by Gasteiger charge is 2.35. The lowest BCUT2D eigenvalue weighted by atomic mass is 9.92. The number of hydrogen-bond acceptors (Lipinski definition) is 4. The van der Waals surface area contributed by atoms with Crippen molar-refractivity contribution in [3.05, 3.63) is 52.5 Å². The highest BCUT2D eigenvalue weighted by molar-refractivity contribution is 7.07. The Hall–Kier alpha value is -2.21. The Labute approximate surface area is 120 Å². The van der Waals surface area contributed by atoms with Crippen molar-refractivity contribution in [2.75, 3.05) is 0 Å². The van der Waals surface area contributed by atoms with Crippen molar-refractivity contribution in [2.24, 2.45) is 0 Å². The molecule has 5 nitrogen and oxygen atoms in total. The van der Waals surface area contributed by atoms with Gasteiger partial charge in [-0.3, -0.25) is 4.79 Å². The number of aliphatic carboxylic acids is 1. The number of thiazole rings is 1. The smallest absolute Gasteiger partial charge is 0.329 e. The van der Waals surface area contributed by atoms with Gasteiger partial charge in [-0.1, -0.05) is 30.3 Å². The molecule has 20 heavy (non-hydrogen) atoms. The number of benzene rings is 1. The van der Waals surface area contributed by atoms with Crippen molar-refractivity contribution >= 4 is 23.2 Å². The Bertz CT molecular complexity index is 598. The van der Waals surface area contributed by atoms with E-state index in [0.29, 0.717) is 0 Å². The van der Waals surface area contributed by atoms with Crippen LogP contribution in [0.1, 0.15) is 23.0 Å². The predicted molar refractivity (Wildman–Crippen MR) is 75.8 cm³/mol. The summed E-state index contributed by atoms with van der Waals surface area (Å²) >= 11 is 1.29. The minimum Gasteiger partial charge on any atom is -0.480 e. The molecule has 2 N–H and O–H groups in total. The van der Waals surface area contributed by atoms with Crippen LogP contribution < -0.4 is 5.32 Å². The van der Waals surface area contributed by atoms with E-state index in [2.05, 4.69) is 10.3 Å². The average molecular weight is 290 g/mol. The maximum Gasteiger partial charge on any atom is 0.329 e. The molecule has 1 heterocycles. The van der Waals surface area contributed by atoms with E-state index in [1.807, 2.05) is 30.3 Å². The van der Waals surface area contributed by atoms with Crippen LogP contribution in [0.4, 0.5) is 0 Å². The molecule has 104 valence electrons. The van der Waals surface area contributed by atoms with Crippen molar-refractivity contribution < 1.29 is 14.7 Å². The second kappa shape index (κ2) is 5.83. The number of nitrogens with zero attached hydrogens (tertiary/aromatic N) is 1. The molecule has 0 unspecified atom stereocenters. The zero-order chi connectivity index (χ0) is 14.6. The lowest BCUT2D eigenvalue weighted by Crippen LogP contribution is -2.53. The van der Waals surface area contributed by atoms with Gasteiger partial charge < -0.3 is 10.4 Å². The molecule has 1 atom stereocenters. The van der Waals surface area contributed by atoms with Crippen LogP contribution in [-0.4, -0.2) is 27.5 Å². The van der Waals surface area contributed by atoms with E-state index < -0.39 is 17.4 Å². The highest BCUT2D eigenvalue weighted by atomic mass is 32.1. The van der Waals surface area contributed by atoms with E-state index in [0.717, 1.165) is 5.56 Å². The van der Waals surface area contributed by atoms with Gasteiger partial charge in [0.15, 0.2) is 0 Å². The molecule has 6 heteroatoms. The van der Waals surface area contributed by atoms with E-state index in [1.54, 1.807) is 5.38 Å². The number of nitrogens with one attached hydrogen (secondary N) is 1. The molecular formula is C14H14N2O3S. The molecule has 2 rings (SSSR count). The second-order valence-corrected chi connectivity index (χ2v) is 5.35. The van der Waals surface area contributed by atoms with Crippen molar-refractivity contribution in [1.82, 2.24) is 10.3 Å². The minimum absolute atomic E-state index is 0.207. The molecule has 0 spiro atoms. The zero-order valence-electron chi connectivity index (χ0n) is 10.9. The summed E-state index contributed by atoms with van der Waals surface area (Å²) in [6, 6.07) is 9.18. The van der Waals surface area contributed by atoms with Crippen LogP contribution in [0.5, 0.6) is 0 Å². The summed E-state index contributed by atoms with van der Waals surface area (Å²) in [5.41, 5.74) is 1.23. The average Bonchev–Trinajstić information content (AvgIpc) is 2.93. The molecule has 2 aromatic rings. The summed E-state index contributed by atoms with van der Waals surface area (Å²) in [6.45, 7) is 1.49. The fourth-order valence-electron chi connectivity index (χ4n) is 1.82. The van der Waals surface area contributed by atoms with Crippen molar-refractivity contribution in [1.29, 1.82) is 0 Å². The van der Waals surface area contributed by atoms with Crippen LogP contribution >= 0.6 is 11.3 Å². The monoisotopic (exact) mass is 290 g/mol. The zero-order valence-corrected chi connectivity index (χ0v) is 11.7. The van der Waals surface area contributed by atoms with Gasteiger partial charge in [0.25, 0.3) is 5.91 Å². The largest absolute Gasteiger partial charge is 0.480 e. The topological polar surface area (TPSA) is 79.3 Å².